The van der Waals surface area contributed by atoms with Crippen LogP contribution in [0.3, 0.4) is 0 Å². The maximum absolute atomic E-state index is 12.0. The van der Waals surface area contributed by atoms with Crippen LogP contribution in [0.1, 0.15) is 44.9 Å². The molecule has 1 aromatic rings. The number of hydrogen-bond acceptors (Lipinski definition) is 7. The molecule has 3 fully saturated rings. The van der Waals surface area contributed by atoms with Crippen molar-refractivity contribution in [1.29, 1.82) is 0 Å². The number of amides is 1. The Labute approximate surface area is 190 Å². The summed E-state index contributed by atoms with van der Waals surface area (Å²) in [4.78, 5) is 17.0. The summed E-state index contributed by atoms with van der Waals surface area (Å²) >= 11 is 0. The van der Waals surface area contributed by atoms with Gasteiger partial charge in [-0.15, -0.1) is 0 Å². The molecule has 1 saturated carbocycles. The molecule has 1 N–H and O–H groups in total. The number of ether oxygens (including phenoxy) is 4. The maximum atomic E-state index is 12.0. The molecule has 1 amide bonds. The van der Waals surface area contributed by atoms with Gasteiger partial charge in [0, 0.05) is 38.6 Å². The molecular formula is C24H35N3O5. The standard InChI is InChI=1S/C24H35N3O5/c28-24(32-22-5-2-16-29-22)25-19-8-6-18(7-9-19)10-11-26-12-14-27(15-13-26)20-3-1-4-21-23(20)31-17-30-21/h1,3-4,18-19,22H,2,5-17H2,(H,25,28). The van der Waals surface area contributed by atoms with Gasteiger partial charge < -0.3 is 29.2 Å². The van der Waals surface area contributed by atoms with Crippen LogP contribution in [0.2, 0.25) is 0 Å². The summed E-state index contributed by atoms with van der Waals surface area (Å²) in [5, 5.41) is 3.03. The van der Waals surface area contributed by atoms with Crippen LogP contribution < -0.4 is 19.7 Å². The number of nitrogens with zero attached hydrogens (tertiary/aromatic N) is 2. The zero-order valence-corrected chi connectivity index (χ0v) is 18.8. The van der Waals surface area contributed by atoms with Crippen LogP contribution in [0.4, 0.5) is 10.5 Å². The van der Waals surface area contributed by atoms with Crippen molar-refractivity contribution in [3.8, 4) is 11.5 Å². The van der Waals surface area contributed by atoms with E-state index in [4.69, 9.17) is 18.9 Å². The summed E-state index contributed by atoms with van der Waals surface area (Å²) in [7, 11) is 0. The first-order valence-corrected chi connectivity index (χ1v) is 12.2. The second-order valence-corrected chi connectivity index (χ2v) is 9.34. The Morgan fingerprint density at radius 3 is 2.69 bits per heavy atom. The SMILES string of the molecule is O=C(NC1CCC(CCN2CCN(c3cccc4c3OCO4)CC2)CC1)OC1CCCO1. The highest BCUT2D eigenvalue weighted by atomic mass is 16.7. The van der Waals surface area contributed by atoms with E-state index in [1.807, 2.05) is 12.1 Å². The predicted octanol–water partition coefficient (Wildman–Crippen LogP) is 3.35. The number of benzene rings is 1. The molecule has 1 aromatic carbocycles. The van der Waals surface area contributed by atoms with E-state index in [2.05, 4.69) is 21.2 Å². The molecule has 0 aromatic heterocycles. The molecule has 176 valence electrons. The molecular weight excluding hydrogens is 410 g/mol. The van der Waals surface area contributed by atoms with Crippen LogP contribution >= 0.6 is 0 Å². The van der Waals surface area contributed by atoms with Crippen LogP contribution in [-0.2, 0) is 9.47 Å². The summed E-state index contributed by atoms with van der Waals surface area (Å²) in [5.74, 6) is 2.50. The minimum atomic E-state index is -0.351. The first-order valence-electron chi connectivity index (χ1n) is 12.2. The topological polar surface area (TPSA) is 72.5 Å². The van der Waals surface area contributed by atoms with Crippen molar-refractivity contribution in [1.82, 2.24) is 10.2 Å². The van der Waals surface area contributed by atoms with E-state index in [1.165, 1.54) is 19.3 Å². The first-order chi connectivity index (χ1) is 15.7. The molecule has 2 saturated heterocycles. The molecule has 32 heavy (non-hydrogen) atoms. The van der Waals surface area contributed by atoms with Gasteiger partial charge in [-0.3, -0.25) is 4.90 Å². The number of alkyl carbamates (subject to hydrolysis) is 1. The van der Waals surface area contributed by atoms with Crippen LogP contribution in [0.5, 0.6) is 11.5 Å². The Morgan fingerprint density at radius 2 is 1.91 bits per heavy atom. The van der Waals surface area contributed by atoms with Gasteiger partial charge in [-0.2, -0.15) is 0 Å². The molecule has 8 nitrogen and oxygen atoms in total. The zero-order chi connectivity index (χ0) is 21.8. The van der Waals surface area contributed by atoms with Gasteiger partial charge >= 0.3 is 6.09 Å². The van der Waals surface area contributed by atoms with Crippen molar-refractivity contribution >= 4 is 11.8 Å². The summed E-state index contributed by atoms with van der Waals surface area (Å²) in [6.45, 7) is 6.36. The van der Waals surface area contributed by atoms with E-state index in [1.54, 1.807) is 0 Å². The number of fused-ring (bicyclic) bond motifs is 1. The molecule has 1 atom stereocenters. The van der Waals surface area contributed by atoms with Crippen molar-refractivity contribution < 1.29 is 23.7 Å². The predicted molar refractivity (Wildman–Crippen MR) is 120 cm³/mol. The van der Waals surface area contributed by atoms with E-state index in [-0.39, 0.29) is 18.4 Å². The highest BCUT2D eigenvalue weighted by Crippen LogP contribution is 2.41. The molecule has 4 aliphatic rings. The van der Waals surface area contributed by atoms with Gasteiger partial charge in [0.25, 0.3) is 0 Å². The fourth-order valence-electron chi connectivity index (χ4n) is 5.30. The molecule has 1 unspecified atom stereocenters. The number of carbonyl (C=O) groups excluding carboxylic acids is 1. The fraction of sp³-hybridized carbons (Fsp3) is 0.708. The van der Waals surface area contributed by atoms with E-state index >= 15 is 0 Å². The molecule has 0 radical (unpaired) electrons. The van der Waals surface area contributed by atoms with Gasteiger partial charge in [0.05, 0.1) is 12.3 Å². The molecule has 1 aliphatic carbocycles. The van der Waals surface area contributed by atoms with Crippen molar-refractivity contribution in [3.05, 3.63) is 18.2 Å². The van der Waals surface area contributed by atoms with Crippen molar-refractivity contribution in [2.45, 2.75) is 57.3 Å². The monoisotopic (exact) mass is 445 g/mol. The minimum absolute atomic E-state index is 0.238. The second kappa shape index (κ2) is 10.2. The second-order valence-electron chi connectivity index (χ2n) is 9.34. The Balaban J connectivity index is 0.988. The smallest absolute Gasteiger partial charge is 0.409 e. The number of piperazine rings is 1. The number of anilines is 1. The molecule has 3 aliphatic heterocycles. The van der Waals surface area contributed by atoms with Gasteiger partial charge in [-0.05, 0) is 63.1 Å². The summed E-state index contributed by atoms with van der Waals surface area (Å²) in [6.07, 6.45) is 6.79. The molecule has 0 bridgehead atoms. The van der Waals surface area contributed by atoms with Crippen LogP contribution in [0.15, 0.2) is 18.2 Å². The van der Waals surface area contributed by atoms with E-state index in [9.17, 15) is 4.79 Å². The normalized spacial score (nSPS) is 28.0. The van der Waals surface area contributed by atoms with Crippen LogP contribution in [-0.4, -0.2) is 69.4 Å². The van der Waals surface area contributed by atoms with Crippen molar-refractivity contribution in [2.24, 2.45) is 5.92 Å². The maximum Gasteiger partial charge on any atom is 0.409 e. The van der Waals surface area contributed by atoms with Crippen LogP contribution in [0, 0.1) is 5.92 Å². The number of carbonyl (C=O) groups is 1. The number of nitrogens with one attached hydrogen (secondary N) is 1. The van der Waals surface area contributed by atoms with Crippen LogP contribution in [0.25, 0.3) is 0 Å². The van der Waals surface area contributed by atoms with E-state index in [0.717, 1.165) is 81.5 Å². The molecule has 0 spiro atoms. The van der Waals surface area contributed by atoms with Gasteiger partial charge in [-0.25, -0.2) is 4.79 Å². The average molecular weight is 446 g/mol. The quantitative estimate of drug-likeness (QED) is 0.720. The third-order valence-corrected chi connectivity index (χ3v) is 7.24. The van der Waals surface area contributed by atoms with Gasteiger partial charge in [0.1, 0.15) is 0 Å². The summed E-state index contributed by atoms with van der Waals surface area (Å²) < 4.78 is 21.9. The average Bonchev–Trinajstić information content (AvgIpc) is 3.51. The number of rotatable bonds is 6. The van der Waals surface area contributed by atoms with E-state index in [0.29, 0.717) is 13.4 Å². The number of hydrogen-bond donors (Lipinski definition) is 1. The Hall–Kier alpha value is -2.19. The molecule has 3 heterocycles. The molecule has 5 rings (SSSR count). The van der Waals surface area contributed by atoms with Crippen molar-refractivity contribution in [2.75, 3.05) is 51.0 Å². The minimum Gasteiger partial charge on any atom is -0.454 e. The third kappa shape index (κ3) is 5.23. The Bertz CT molecular complexity index is 769. The third-order valence-electron chi connectivity index (χ3n) is 7.24. The fourth-order valence-corrected chi connectivity index (χ4v) is 5.30. The Kier molecular flexibility index (Phi) is 6.88. The van der Waals surface area contributed by atoms with Crippen molar-refractivity contribution in [3.63, 3.8) is 0 Å². The first kappa shape index (κ1) is 21.6. The summed E-state index contributed by atoms with van der Waals surface area (Å²) in [6, 6.07) is 6.39. The molecule has 8 heteroatoms. The number of para-hydroxylation sites is 1. The lowest BCUT2D eigenvalue weighted by Crippen LogP contribution is -2.47. The Morgan fingerprint density at radius 1 is 1.06 bits per heavy atom. The largest absolute Gasteiger partial charge is 0.454 e. The lowest BCUT2D eigenvalue weighted by molar-refractivity contribution is -0.0688. The highest BCUT2D eigenvalue weighted by molar-refractivity contribution is 5.67. The zero-order valence-electron chi connectivity index (χ0n) is 18.8. The van der Waals surface area contributed by atoms with E-state index < -0.39 is 0 Å². The van der Waals surface area contributed by atoms with Gasteiger partial charge in [0.15, 0.2) is 11.5 Å². The summed E-state index contributed by atoms with van der Waals surface area (Å²) in [5.41, 5.74) is 1.16. The lowest BCUT2D eigenvalue weighted by atomic mass is 9.84. The lowest BCUT2D eigenvalue weighted by Gasteiger charge is -2.37. The van der Waals surface area contributed by atoms with Gasteiger partial charge in [0.2, 0.25) is 13.1 Å². The highest BCUT2D eigenvalue weighted by Gasteiger charge is 2.27. The van der Waals surface area contributed by atoms with Gasteiger partial charge in [-0.1, -0.05) is 6.07 Å².